The quantitative estimate of drug-likeness (QED) is 0.0681. The van der Waals surface area contributed by atoms with Gasteiger partial charge in [-0.1, -0.05) is 78.8 Å². The van der Waals surface area contributed by atoms with Gasteiger partial charge in [-0.15, -0.1) is 5.10 Å². The molecule has 4 aromatic carbocycles. The van der Waals surface area contributed by atoms with Crippen molar-refractivity contribution in [3.8, 4) is 22.6 Å². The van der Waals surface area contributed by atoms with Gasteiger partial charge in [0.25, 0.3) is 0 Å². The lowest BCUT2D eigenvalue weighted by Gasteiger charge is -2.36. The van der Waals surface area contributed by atoms with E-state index in [1.165, 1.54) is 18.7 Å². The van der Waals surface area contributed by atoms with Crippen molar-refractivity contribution in [2.24, 2.45) is 0 Å². The number of carbonyl (C=O) groups is 2. The Morgan fingerprint density at radius 3 is 2.42 bits per heavy atom. The molecule has 5 aromatic rings. The van der Waals surface area contributed by atoms with Crippen molar-refractivity contribution in [2.45, 2.75) is 75.8 Å². The molecular weight excluding hydrogens is 693 g/mol. The number of tetrazole rings is 1. The fraction of sp³-hybridized carbons (Fsp3) is 0.325. The molecule has 2 amide bonds. The van der Waals surface area contributed by atoms with E-state index in [4.69, 9.17) is 9.47 Å². The Morgan fingerprint density at radius 2 is 1.64 bits per heavy atom. The summed E-state index contributed by atoms with van der Waals surface area (Å²) in [6.45, 7) is 2.53. The van der Waals surface area contributed by atoms with Crippen molar-refractivity contribution in [3.05, 3.63) is 119 Å². The number of hydrogen-bond donors (Lipinski definition) is 4. The summed E-state index contributed by atoms with van der Waals surface area (Å²) in [5.41, 5.74) is 6.44. The van der Waals surface area contributed by atoms with E-state index in [9.17, 15) is 19.8 Å². The number of thioether (sulfide) groups is 1. The van der Waals surface area contributed by atoms with E-state index in [-0.39, 0.29) is 36.4 Å². The predicted molar refractivity (Wildman–Crippen MR) is 201 cm³/mol. The number of hydrogen-bond acceptors (Lipinski definition) is 10. The smallest absolute Gasteiger partial charge is 0.220 e. The van der Waals surface area contributed by atoms with Crippen LogP contribution in [0.25, 0.3) is 16.8 Å². The number of amides is 2. The van der Waals surface area contributed by atoms with Gasteiger partial charge in [-0.25, -0.2) is 0 Å². The van der Waals surface area contributed by atoms with Crippen LogP contribution >= 0.6 is 11.8 Å². The van der Waals surface area contributed by atoms with Gasteiger partial charge < -0.3 is 30.3 Å². The molecule has 4 N–H and O–H groups in total. The van der Waals surface area contributed by atoms with Crippen LogP contribution in [0.5, 0.6) is 5.75 Å². The van der Waals surface area contributed by atoms with Gasteiger partial charge in [-0.05, 0) is 87.5 Å². The number of aliphatic hydroxyl groups is 1. The molecule has 0 bridgehead atoms. The van der Waals surface area contributed by atoms with Crippen LogP contribution in [0.3, 0.4) is 0 Å². The number of phenols is 1. The zero-order valence-corrected chi connectivity index (χ0v) is 30.4. The highest BCUT2D eigenvalue weighted by Crippen LogP contribution is 2.40. The van der Waals surface area contributed by atoms with Gasteiger partial charge in [0.2, 0.25) is 17.0 Å². The Morgan fingerprint density at radius 1 is 0.868 bits per heavy atom. The van der Waals surface area contributed by atoms with Crippen molar-refractivity contribution < 1.29 is 29.3 Å². The highest BCUT2D eigenvalue weighted by Gasteiger charge is 2.33. The lowest BCUT2D eigenvalue weighted by Crippen LogP contribution is -2.31. The number of phenolic OH excluding ortho intramolecular Hbond substituents is 1. The molecule has 0 saturated carbocycles. The van der Waals surface area contributed by atoms with Crippen LogP contribution in [0.2, 0.25) is 0 Å². The third kappa shape index (κ3) is 10.7. The van der Waals surface area contributed by atoms with Crippen LogP contribution in [0, 0.1) is 0 Å². The van der Waals surface area contributed by atoms with Crippen LogP contribution in [-0.2, 0) is 32.2 Å². The second-order valence-electron chi connectivity index (χ2n) is 12.9. The topological polar surface area (TPSA) is 161 Å². The third-order valence-corrected chi connectivity index (χ3v) is 9.96. The minimum atomic E-state index is -0.648. The van der Waals surface area contributed by atoms with E-state index in [0.29, 0.717) is 36.8 Å². The minimum Gasteiger partial charge on any atom is -0.508 e. The Hall–Kier alpha value is -5.08. The third-order valence-electron chi connectivity index (χ3n) is 8.91. The van der Waals surface area contributed by atoms with Crippen LogP contribution in [0.15, 0.2) is 102 Å². The number of aromatic nitrogens is 4. The maximum Gasteiger partial charge on any atom is 0.220 e. The van der Waals surface area contributed by atoms with Crippen molar-refractivity contribution in [1.82, 2.24) is 30.8 Å². The van der Waals surface area contributed by atoms with E-state index < -0.39 is 6.29 Å². The number of ether oxygens (including phenoxy) is 2. The maximum absolute atomic E-state index is 12.5. The second kappa shape index (κ2) is 18.6. The standard InChI is InChI=1S/C40H44N6O6S/c1-27(48)41-20-4-2-3-11-38(50)42-24-29-7-5-8-31(21-29)32-9-6-10-33(22-32)39-51-36(23-37(52-39)30-14-12-28(25-47)13-15-30)26-53-40-43-44-45-46(40)34-16-18-35(49)19-17-34/h5-10,12-19,21-22,36-37,39,47,49H,2-4,11,20,23-26H2,1H3,(H,41,48)(H,42,50). The number of nitrogens with zero attached hydrogens (tertiary/aromatic N) is 4. The Balaban J connectivity index is 1.13. The molecule has 2 heterocycles. The van der Waals surface area contributed by atoms with Crippen molar-refractivity contribution in [3.63, 3.8) is 0 Å². The first kappa shape index (κ1) is 37.7. The van der Waals surface area contributed by atoms with Crippen molar-refractivity contribution in [1.29, 1.82) is 0 Å². The SMILES string of the molecule is CC(=O)NCCCCCC(=O)NCc1cccc(-c2cccc(C3OC(CSc4nnnn4-c4ccc(O)cc4)CC(c4ccc(CO)cc4)O3)c2)c1. The van der Waals surface area contributed by atoms with E-state index in [2.05, 4.69) is 38.3 Å². The summed E-state index contributed by atoms with van der Waals surface area (Å²) >= 11 is 1.48. The van der Waals surface area contributed by atoms with Gasteiger partial charge in [0.15, 0.2) is 6.29 Å². The summed E-state index contributed by atoms with van der Waals surface area (Å²) in [4.78, 5) is 23.5. The molecule has 3 unspecified atom stereocenters. The summed E-state index contributed by atoms with van der Waals surface area (Å²) in [7, 11) is 0. The van der Waals surface area contributed by atoms with Gasteiger partial charge in [-0.2, -0.15) is 4.68 Å². The van der Waals surface area contributed by atoms with Crippen LogP contribution in [0.1, 0.15) is 73.7 Å². The van der Waals surface area contributed by atoms with Crippen LogP contribution < -0.4 is 10.6 Å². The van der Waals surface area contributed by atoms with Gasteiger partial charge in [0.05, 0.1) is 24.5 Å². The first-order valence-electron chi connectivity index (χ1n) is 17.8. The van der Waals surface area contributed by atoms with Crippen LogP contribution in [-0.4, -0.2) is 60.6 Å². The fourth-order valence-electron chi connectivity index (χ4n) is 6.08. The predicted octanol–water partition coefficient (Wildman–Crippen LogP) is 6.18. The summed E-state index contributed by atoms with van der Waals surface area (Å²) in [5, 5.41) is 38.0. The molecule has 1 fully saturated rings. The Bertz CT molecular complexity index is 1950. The molecule has 276 valence electrons. The zero-order chi connectivity index (χ0) is 37.0. The molecule has 3 atom stereocenters. The van der Waals surface area contributed by atoms with E-state index in [0.717, 1.165) is 58.3 Å². The fourth-order valence-corrected chi connectivity index (χ4v) is 6.99. The molecular formula is C40H44N6O6S. The highest BCUT2D eigenvalue weighted by molar-refractivity contribution is 7.99. The van der Waals surface area contributed by atoms with Crippen LogP contribution in [0.4, 0.5) is 0 Å². The normalized spacial score (nSPS) is 17.0. The molecule has 0 radical (unpaired) electrons. The maximum atomic E-state index is 12.5. The number of carbonyl (C=O) groups excluding carboxylic acids is 2. The monoisotopic (exact) mass is 736 g/mol. The molecule has 53 heavy (non-hydrogen) atoms. The number of aromatic hydroxyl groups is 1. The first-order chi connectivity index (χ1) is 25.8. The van der Waals surface area contributed by atoms with Gasteiger partial charge >= 0.3 is 0 Å². The number of benzene rings is 4. The molecule has 1 aromatic heterocycles. The number of nitrogens with one attached hydrogen (secondary N) is 2. The lowest BCUT2D eigenvalue weighted by atomic mass is 9.99. The number of rotatable bonds is 16. The zero-order valence-electron chi connectivity index (χ0n) is 29.6. The van der Waals surface area contributed by atoms with Gasteiger partial charge in [0, 0.05) is 44.2 Å². The molecule has 1 saturated heterocycles. The minimum absolute atomic E-state index is 0.00801. The summed E-state index contributed by atoms with van der Waals surface area (Å²) in [5.74, 6) is 0.699. The van der Waals surface area contributed by atoms with Gasteiger partial charge in [0.1, 0.15) is 5.75 Å². The summed E-state index contributed by atoms with van der Waals surface area (Å²) in [6.07, 6.45) is 2.45. The molecule has 0 spiro atoms. The Labute approximate surface area is 312 Å². The highest BCUT2D eigenvalue weighted by atomic mass is 32.2. The van der Waals surface area contributed by atoms with Gasteiger partial charge in [-0.3, -0.25) is 9.59 Å². The average Bonchev–Trinajstić information content (AvgIpc) is 3.66. The number of aliphatic hydroxyl groups excluding tert-OH is 1. The van der Waals surface area contributed by atoms with Crippen molar-refractivity contribution >= 4 is 23.6 Å². The molecule has 0 aliphatic carbocycles. The molecule has 6 rings (SSSR count). The lowest BCUT2D eigenvalue weighted by molar-refractivity contribution is -0.245. The van der Waals surface area contributed by atoms with Crippen molar-refractivity contribution in [2.75, 3.05) is 12.3 Å². The first-order valence-corrected chi connectivity index (χ1v) is 18.7. The largest absolute Gasteiger partial charge is 0.508 e. The second-order valence-corrected chi connectivity index (χ2v) is 13.9. The summed E-state index contributed by atoms with van der Waals surface area (Å²) < 4.78 is 14.9. The Kier molecular flexibility index (Phi) is 13.2. The molecule has 12 nitrogen and oxygen atoms in total. The molecule has 1 aliphatic rings. The number of unbranched alkanes of at least 4 members (excludes halogenated alkanes) is 2. The molecule has 1 aliphatic heterocycles. The average molecular weight is 737 g/mol. The van der Waals surface area contributed by atoms with E-state index in [1.807, 2.05) is 60.7 Å². The van der Waals surface area contributed by atoms with E-state index >= 15 is 0 Å². The molecule has 13 heteroatoms. The van der Waals surface area contributed by atoms with E-state index in [1.54, 1.807) is 28.9 Å². The summed E-state index contributed by atoms with van der Waals surface area (Å²) in [6, 6.07) is 30.7.